The molecule has 6 heterocycles. The highest BCUT2D eigenvalue weighted by atomic mass is 32.1. The summed E-state index contributed by atoms with van der Waals surface area (Å²) >= 11 is 0.653. The maximum atomic E-state index is 16.1. The SMILES string of the molecule is C=C/C(F)=c1/sc(N)c(C#N)/c1=C\c1c(C(F)(F)F)cc2c(N3CB4CCC(C3)N4)nc(OC)nc2c1F.CC.CC(C)C.C[C@H](NC(=O)[C@@H]1CCCN1C(=O)CNC(=O)CCOCCCN1CCCC1)c1ccc(-c2c(F)cc(F)cc2F)cc1. The standard InChI is InChI=1S/C31H39F3N4O4.C24H20BF5N6OS.C4H10.C2H6/c1-21(22-7-9-23(10-8-22)30-25(33)18-24(32)19-26(30)34)36-31(41)27-6-4-15-38(27)29(40)20-35-28(39)11-17-42-16-5-14-37-12-2-3-13-37;1-3-17(26)20-12(15(8-31)21(32)38-20)6-13-16(24(28,29)30)7-14-19(18(13)27)33-23(37-2)34-22(14)36-9-11-4-5-25(10-36)35-11;1-4(2)3;1-2/h7-10,18-19,21,27H,2-6,11-17,20H2,1H3,(H,35,39)(H,36,41);3,6-7,11,35H,1,4-5,9-10,32H2,2H3;4H,1-3H3;1-2H3/b;12-6+,20-17-;;/t21-,27-;;;/m0.../s1. The topological polar surface area (TPSA) is 191 Å². The molecule has 2 bridgehead atoms. The first kappa shape index (κ1) is 68.0. The number of nitrogen functional groups attached to an aromatic ring is 1. The first-order valence-electron chi connectivity index (χ1n) is 28.9. The Balaban J connectivity index is 0.000000253. The molecule has 2 aromatic heterocycles. The van der Waals surface area contributed by atoms with Crippen molar-refractivity contribution in [1.82, 2.24) is 35.6 Å². The molecule has 1 unspecified atom stereocenters. The first-order chi connectivity index (χ1) is 41.0. The molecular weight excluding hydrogens is 1150 g/mol. The fraction of sp³-hybridized carbons (Fsp3) is 0.475. The number of rotatable bonds is 17. The molecule has 3 amide bonds. The van der Waals surface area contributed by atoms with Gasteiger partial charge in [-0.2, -0.15) is 28.4 Å². The second kappa shape index (κ2) is 31.5. The summed E-state index contributed by atoms with van der Waals surface area (Å²) in [7, 11) is 1.27. The lowest BCUT2D eigenvalue weighted by molar-refractivity contribution is -0.139. The van der Waals surface area contributed by atoms with E-state index >= 15 is 4.39 Å². The van der Waals surface area contributed by atoms with Crippen molar-refractivity contribution in [3.8, 4) is 23.2 Å². The van der Waals surface area contributed by atoms with Gasteiger partial charge in [0.2, 0.25) is 24.6 Å². The van der Waals surface area contributed by atoms with Gasteiger partial charge >= 0.3 is 12.2 Å². The van der Waals surface area contributed by atoms with Gasteiger partial charge in [-0.15, -0.1) is 11.3 Å². The molecule has 0 aliphatic carbocycles. The smallest absolute Gasteiger partial charge is 0.417 e. The highest BCUT2D eigenvalue weighted by molar-refractivity contribution is 7.14. The highest BCUT2D eigenvalue weighted by Crippen LogP contribution is 2.40. The van der Waals surface area contributed by atoms with Crippen LogP contribution in [0.4, 0.5) is 45.9 Å². The summed E-state index contributed by atoms with van der Waals surface area (Å²) in [5.41, 5.74) is 3.52. The summed E-state index contributed by atoms with van der Waals surface area (Å²) in [6.45, 7) is 20.6. The van der Waals surface area contributed by atoms with Crippen molar-refractivity contribution in [2.45, 2.75) is 117 Å². The maximum absolute atomic E-state index is 16.1. The molecule has 0 spiro atoms. The van der Waals surface area contributed by atoms with Crippen LogP contribution in [0.15, 0.2) is 55.1 Å². The molecule has 5 aromatic rings. The first-order valence-corrected chi connectivity index (χ1v) is 29.7. The minimum atomic E-state index is -5.00. The van der Waals surface area contributed by atoms with Crippen LogP contribution in [0.3, 0.4) is 0 Å². The number of hydrogen-bond donors (Lipinski definition) is 4. The molecular formula is C61H75BF8N10O5S. The summed E-state index contributed by atoms with van der Waals surface area (Å²) in [5, 5.41) is 18.0. The number of hydrogen-bond acceptors (Lipinski definition) is 13. The maximum Gasteiger partial charge on any atom is 0.417 e. The third-order valence-electron chi connectivity index (χ3n) is 14.5. The second-order valence-electron chi connectivity index (χ2n) is 21.6. The number of carbonyl (C=O) groups is 3. The number of ether oxygens (including phenoxy) is 2. The molecule has 15 nitrogen and oxygen atoms in total. The molecule has 5 N–H and O–H groups in total. The number of fused-ring (bicyclic) bond motifs is 3. The van der Waals surface area contributed by atoms with E-state index in [9.17, 15) is 50.4 Å². The number of nitrogens with two attached hydrogens (primary N) is 1. The van der Waals surface area contributed by atoms with Gasteiger partial charge in [-0.1, -0.05) is 71.8 Å². The predicted octanol–water partition coefficient (Wildman–Crippen LogP) is 9.75. The fourth-order valence-corrected chi connectivity index (χ4v) is 11.5. The monoisotopic (exact) mass is 1220 g/mol. The quantitative estimate of drug-likeness (QED) is 0.0392. The number of halogens is 8. The number of carbonyl (C=O) groups excluding carboxylic acids is 3. The molecule has 4 aliphatic heterocycles. The number of nitrogens with zero attached hydrogens (tertiary/aromatic N) is 6. The Kier molecular flexibility index (Phi) is 24.9. The van der Waals surface area contributed by atoms with Crippen LogP contribution in [0.5, 0.6) is 6.01 Å². The Bertz CT molecular complexity index is 3320. The van der Waals surface area contributed by atoms with Gasteiger partial charge < -0.3 is 45.8 Å². The van der Waals surface area contributed by atoms with Crippen molar-refractivity contribution in [3.05, 3.63) is 110 Å². The Morgan fingerprint density at radius 1 is 0.988 bits per heavy atom. The van der Waals surface area contributed by atoms with Crippen molar-refractivity contribution in [1.29, 1.82) is 5.26 Å². The zero-order valence-electron chi connectivity index (χ0n) is 49.5. The van der Waals surface area contributed by atoms with Crippen LogP contribution in [0.1, 0.15) is 115 Å². The van der Waals surface area contributed by atoms with E-state index in [1.807, 2.05) is 18.7 Å². The number of nitriles is 1. The summed E-state index contributed by atoms with van der Waals surface area (Å²) in [4.78, 5) is 52.1. The van der Waals surface area contributed by atoms with Crippen LogP contribution in [-0.2, 0) is 25.3 Å². The number of allylic oxidation sites excluding steroid dienone is 1. The van der Waals surface area contributed by atoms with E-state index in [1.54, 1.807) is 25.1 Å². The van der Waals surface area contributed by atoms with Gasteiger partial charge in [0, 0.05) is 73.4 Å². The average molecular weight is 1220 g/mol. The number of methoxy groups -OCH3 is 1. The number of alkyl halides is 3. The molecule has 464 valence electrons. The van der Waals surface area contributed by atoms with E-state index in [0.717, 1.165) is 62.9 Å². The summed E-state index contributed by atoms with van der Waals surface area (Å²) < 4.78 is 126. The molecule has 0 radical (unpaired) electrons. The lowest BCUT2D eigenvalue weighted by Gasteiger charge is -2.33. The van der Waals surface area contributed by atoms with Crippen LogP contribution >= 0.6 is 11.3 Å². The molecule has 4 fully saturated rings. The van der Waals surface area contributed by atoms with E-state index in [2.05, 4.69) is 58.1 Å². The van der Waals surface area contributed by atoms with Crippen molar-refractivity contribution in [2.24, 2.45) is 5.92 Å². The number of anilines is 2. The molecule has 0 saturated carbocycles. The Morgan fingerprint density at radius 3 is 2.28 bits per heavy atom. The lowest BCUT2D eigenvalue weighted by Crippen LogP contribution is -2.54. The van der Waals surface area contributed by atoms with Crippen molar-refractivity contribution >= 4 is 69.5 Å². The number of amides is 3. The van der Waals surface area contributed by atoms with Gasteiger partial charge in [0.25, 0.3) is 0 Å². The molecule has 4 aliphatic rings. The number of benzene rings is 3. The fourth-order valence-electron chi connectivity index (χ4n) is 10.5. The van der Waals surface area contributed by atoms with Crippen molar-refractivity contribution < 1.29 is 59.0 Å². The summed E-state index contributed by atoms with van der Waals surface area (Å²) in [6.07, 6.45) is 3.68. The van der Waals surface area contributed by atoms with Crippen molar-refractivity contribution in [3.63, 3.8) is 0 Å². The van der Waals surface area contributed by atoms with Gasteiger partial charge in [0.15, 0.2) is 5.82 Å². The van der Waals surface area contributed by atoms with Crippen LogP contribution in [-0.4, -0.2) is 122 Å². The lowest BCUT2D eigenvalue weighted by atomic mass is 9.61. The Hall–Kier alpha value is -7.14. The van der Waals surface area contributed by atoms with Gasteiger partial charge in [-0.25, -0.2) is 22.0 Å². The van der Waals surface area contributed by atoms with Crippen LogP contribution in [0, 0.1) is 40.5 Å². The van der Waals surface area contributed by atoms with Crippen LogP contribution in [0.25, 0.3) is 33.9 Å². The molecule has 3 aromatic carbocycles. The number of likely N-dealkylation sites (tertiary alicyclic amines) is 2. The zero-order valence-corrected chi connectivity index (χ0v) is 50.4. The third-order valence-corrected chi connectivity index (χ3v) is 15.6. The predicted molar refractivity (Wildman–Crippen MR) is 320 cm³/mol. The molecule has 3 atom stereocenters. The Morgan fingerprint density at radius 2 is 1.66 bits per heavy atom. The molecule has 25 heteroatoms. The van der Waals surface area contributed by atoms with Crippen molar-refractivity contribution in [2.75, 3.05) is 76.7 Å². The average Bonchev–Trinajstić information content (AvgIpc) is 0.985. The summed E-state index contributed by atoms with van der Waals surface area (Å²) in [6, 6.07) is 8.90. The second-order valence-corrected chi connectivity index (χ2v) is 22.7. The van der Waals surface area contributed by atoms with Gasteiger partial charge in [0.05, 0.1) is 47.5 Å². The van der Waals surface area contributed by atoms with Crippen LogP contribution < -0.4 is 41.0 Å². The van der Waals surface area contributed by atoms with E-state index < -0.39 is 64.0 Å². The minimum Gasteiger partial charge on any atom is -0.467 e. The number of nitrogens with one attached hydrogen (secondary N) is 3. The number of thiophene rings is 1. The van der Waals surface area contributed by atoms with E-state index in [-0.39, 0.29) is 92.2 Å². The van der Waals surface area contributed by atoms with Gasteiger partial charge in [-0.3, -0.25) is 14.4 Å². The van der Waals surface area contributed by atoms with E-state index in [4.69, 9.17) is 15.2 Å². The van der Waals surface area contributed by atoms with Gasteiger partial charge in [-0.05, 0) is 93.8 Å². The van der Waals surface area contributed by atoms with Gasteiger partial charge in [0.1, 0.15) is 51.7 Å². The molecule has 9 rings (SSSR count). The minimum absolute atomic E-state index is 0.125. The van der Waals surface area contributed by atoms with E-state index in [0.29, 0.717) is 74.6 Å². The number of aromatic nitrogens is 2. The van der Waals surface area contributed by atoms with Crippen LogP contribution in [0.2, 0.25) is 6.32 Å². The highest BCUT2D eigenvalue weighted by Gasteiger charge is 2.40. The molecule has 86 heavy (non-hydrogen) atoms. The largest absolute Gasteiger partial charge is 0.467 e. The Labute approximate surface area is 500 Å². The normalized spacial score (nSPS) is 17.4. The van der Waals surface area contributed by atoms with E-state index in [1.165, 1.54) is 37.0 Å². The third kappa shape index (κ3) is 17.5. The summed E-state index contributed by atoms with van der Waals surface area (Å²) in [5.74, 6) is -5.18. The zero-order chi connectivity index (χ0) is 63.0. The molecule has 4 saturated heterocycles.